The Kier molecular flexibility index (Phi) is 9.55. The standard InChI is InChI=1S/C33H44N6O4S/c1-7-21-16-24(18-34-28(21)37-32(42)43-33(3,4)5)35-29(40)31(41)39-19-20(2)8-10-26(39)23-9-11-27-25(17-23)36-30(44-27)22-12-14-38(6)15-13-22/h9,11,16-18,20,22,26H,7-8,10,12-15,19H2,1-6H3,(H,35,40)(H,34,37,42)/t20-,26?/m0/s1. The van der Waals surface area contributed by atoms with E-state index in [0.717, 1.165) is 54.6 Å². The molecule has 2 aliphatic heterocycles. The minimum atomic E-state index is -0.708. The Morgan fingerprint density at radius 3 is 2.52 bits per heavy atom. The zero-order valence-electron chi connectivity index (χ0n) is 26.6. The van der Waals surface area contributed by atoms with Crippen molar-refractivity contribution in [2.45, 2.75) is 84.3 Å². The number of aromatic nitrogens is 2. The number of fused-ring (bicyclic) bond motifs is 1. The molecule has 1 unspecified atom stereocenters. The topological polar surface area (TPSA) is 117 Å². The second kappa shape index (κ2) is 13.2. The Bertz CT molecular complexity index is 1520. The minimum Gasteiger partial charge on any atom is -0.444 e. The zero-order valence-corrected chi connectivity index (χ0v) is 27.4. The molecule has 11 heteroatoms. The molecule has 0 aliphatic carbocycles. The monoisotopic (exact) mass is 620 g/mol. The highest BCUT2D eigenvalue weighted by molar-refractivity contribution is 7.18. The van der Waals surface area contributed by atoms with Crippen LogP contribution >= 0.6 is 11.3 Å². The molecule has 0 bridgehead atoms. The van der Waals surface area contributed by atoms with E-state index in [1.54, 1.807) is 43.1 Å². The van der Waals surface area contributed by atoms with Crippen LogP contribution in [-0.2, 0) is 20.7 Å². The number of ether oxygens (including phenoxy) is 1. The van der Waals surface area contributed by atoms with Crippen LogP contribution in [0.2, 0.25) is 0 Å². The molecular formula is C33H44N6O4S. The summed E-state index contributed by atoms with van der Waals surface area (Å²) in [5.41, 5.74) is 2.44. The summed E-state index contributed by atoms with van der Waals surface area (Å²) >= 11 is 1.77. The normalized spacial score (nSPS) is 20.0. The number of carbonyl (C=O) groups is 3. The highest BCUT2D eigenvalue weighted by Gasteiger charge is 2.35. The Morgan fingerprint density at radius 1 is 1.07 bits per heavy atom. The van der Waals surface area contributed by atoms with Gasteiger partial charge in [-0.1, -0.05) is 19.9 Å². The third-order valence-corrected chi connectivity index (χ3v) is 9.58. The van der Waals surface area contributed by atoms with Crippen molar-refractivity contribution in [3.8, 4) is 0 Å². The third kappa shape index (κ3) is 7.55. The molecule has 0 spiro atoms. The van der Waals surface area contributed by atoms with Gasteiger partial charge in [-0.25, -0.2) is 14.8 Å². The van der Waals surface area contributed by atoms with Crippen molar-refractivity contribution in [2.75, 3.05) is 37.3 Å². The summed E-state index contributed by atoms with van der Waals surface area (Å²) in [6.07, 6.45) is 5.39. The number of amides is 3. The van der Waals surface area contributed by atoms with E-state index < -0.39 is 23.5 Å². The van der Waals surface area contributed by atoms with Crippen LogP contribution in [0.5, 0.6) is 0 Å². The van der Waals surface area contributed by atoms with Gasteiger partial charge in [0, 0.05) is 12.5 Å². The van der Waals surface area contributed by atoms with Crippen molar-refractivity contribution >= 4 is 51.0 Å². The first-order valence-electron chi connectivity index (χ1n) is 15.6. The largest absolute Gasteiger partial charge is 0.444 e. The van der Waals surface area contributed by atoms with Crippen LogP contribution in [0.4, 0.5) is 16.3 Å². The Labute approximate surface area is 263 Å². The average Bonchev–Trinajstić information content (AvgIpc) is 3.40. The van der Waals surface area contributed by atoms with Crippen molar-refractivity contribution in [3.63, 3.8) is 0 Å². The van der Waals surface area contributed by atoms with Crippen molar-refractivity contribution in [1.82, 2.24) is 19.8 Å². The molecule has 4 heterocycles. The van der Waals surface area contributed by atoms with Gasteiger partial charge < -0.3 is 19.9 Å². The van der Waals surface area contributed by atoms with E-state index in [0.29, 0.717) is 36.0 Å². The Hall–Kier alpha value is -3.57. The van der Waals surface area contributed by atoms with E-state index in [1.165, 1.54) is 11.2 Å². The smallest absolute Gasteiger partial charge is 0.413 e. The van der Waals surface area contributed by atoms with Crippen LogP contribution in [0.25, 0.3) is 10.2 Å². The molecule has 2 N–H and O–H groups in total. The number of piperidine rings is 2. The molecule has 2 aromatic heterocycles. The van der Waals surface area contributed by atoms with E-state index in [4.69, 9.17) is 9.72 Å². The maximum atomic E-state index is 13.6. The van der Waals surface area contributed by atoms with Crippen molar-refractivity contribution in [1.29, 1.82) is 0 Å². The number of carbonyl (C=O) groups excluding carboxylic acids is 3. The maximum Gasteiger partial charge on any atom is 0.413 e. The van der Waals surface area contributed by atoms with Crippen LogP contribution in [0.1, 0.15) is 88.4 Å². The lowest BCUT2D eigenvalue weighted by Gasteiger charge is -2.38. The number of nitrogens with zero attached hydrogens (tertiary/aromatic N) is 4. The molecule has 44 heavy (non-hydrogen) atoms. The zero-order chi connectivity index (χ0) is 31.6. The molecule has 2 fully saturated rings. The van der Waals surface area contributed by atoms with Crippen LogP contribution in [0, 0.1) is 5.92 Å². The average molecular weight is 621 g/mol. The van der Waals surface area contributed by atoms with Gasteiger partial charge in [-0.15, -0.1) is 11.3 Å². The third-order valence-electron chi connectivity index (χ3n) is 8.38. The second-order valence-corrected chi connectivity index (χ2v) is 14.2. The minimum absolute atomic E-state index is 0.202. The lowest BCUT2D eigenvalue weighted by atomic mass is 9.89. The number of thiazole rings is 1. The number of benzene rings is 1. The fourth-order valence-electron chi connectivity index (χ4n) is 6.00. The SMILES string of the molecule is CCc1cc(NC(=O)C(=O)N2C[C@@H](C)CCC2c2ccc3sc(C4CCN(C)CC4)nc3c2)cnc1NC(=O)OC(C)(C)C. The fraction of sp³-hybridized carbons (Fsp3) is 0.545. The molecule has 236 valence electrons. The Morgan fingerprint density at radius 2 is 1.82 bits per heavy atom. The maximum absolute atomic E-state index is 13.6. The molecule has 0 saturated carbocycles. The number of aryl methyl sites for hydroxylation is 1. The second-order valence-electron chi connectivity index (χ2n) is 13.2. The van der Waals surface area contributed by atoms with E-state index in [1.807, 2.05) is 6.92 Å². The first-order chi connectivity index (χ1) is 20.9. The number of anilines is 2. The van der Waals surface area contributed by atoms with E-state index in [2.05, 4.69) is 52.7 Å². The van der Waals surface area contributed by atoms with E-state index in [9.17, 15) is 14.4 Å². The highest BCUT2D eigenvalue weighted by atomic mass is 32.1. The summed E-state index contributed by atoms with van der Waals surface area (Å²) < 4.78 is 6.49. The van der Waals surface area contributed by atoms with Crippen molar-refractivity contribution in [2.24, 2.45) is 5.92 Å². The number of hydrogen-bond acceptors (Lipinski definition) is 8. The highest BCUT2D eigenvalue weighted by Crippen LogP contribution is 2.38. The van der Waals surface area contributed by atoms with Gasteiger partial charge >= 0.3 is 17.9 Å². The van der Waals surface area contributed by atoms with Gasteiger partial charge in [-0.2, -0.15) is 0 Å². The Balaban J connectivity index is 1.30. The number of hydrogen-bond donors (Lipinski definition) is 2. The summed E-state index contributed by atoms with van der Waals surface area (Å²) in [6.45, 7) is 12.1. The molecular weight excluding hydrogens is 576 g/mol. The first-order valence-corrected chi connectivity index (χ1v) is 16.4. The molecule has 1 aromatic carbocycles. The van der Waals surface area contributed by atoms with Crippen molar-refractivity contribution < 1.29 is 19.1 Å². The van der Waals surface area contributed by atoms with Gasteiger partial charge in [-0.3, -0.25) is 14.9 Å². The lowest BCUT2D eigenvalue weighted by molar-refractivity contribution is -0.146. The predicted molar refractivity (Wildman–Crippen MR) is 174 cm³/mol. The van der Waals surface area contributed by atoms with E-state index in [-0.39, 0.29) is 12.0 Å². The van der Waals surface area contributed by atoms with E-state index >= 15 is 0 Å². The molecule has 10 nitrogen and oxygen atoms in total. The summed E-state index contributed by atoms with van der Waals surface area (Å²) in [6, 6.07) is 7.83. The molecule has 3 amide bonds. The molecule has 2 aliphatic rings. The van der Waals surface area contributed by atoms with Gasteiger partial charge in [0.15, 0.2) is 0 Å². The van der Waals surface area contributed by atoms with Gasteiger partial charge in [-0.05, 0) is 108 Å². The van der Waals surface area contributed by atoms with Gasteiger partial charge in [0.05, 0.1) is 33.2 Å². The predicted octanol–water partition coefficient (Wildman–Crippen LogP) is 6.35. The van der Waals surface area contributed by atoms with Crippen molar-refractivity contribution in [3.05, 3.63) is 46.6 Å². The summed E-state index contributed by atoms with van der Waals surface area (Å²) in [5, 5.41) is 6.61. The molecule has 3 aromatic rings. The first kappa shape index (κ1) is 31.8. The molecule has 5 rings (SSSR count). The quantitative estimate of drug-likeness (QED) is 0.319. The van der Waals surface area contributed by atoms with Crippen LogP contribution in [-0.4, -0.2) is 70.0 Å². The summed E-state index contributed by atoms with van der Waals surface area (Å²) in [4.78, 5) is 52.6. The van der Waals surface area contributed by atoms with Gasteiger partial charge in [0.25, 0.3) is 0 Å². The number of nitrogens with one attached hydrogen (secondary N) is 2. The van der Waals surface area contributed by atoms with Gasteiger partial charge in [0.2, 0.25) is 0 Å². The summed E-state index contributed by atoms with van der Waals surface area (Å²) in [7, 11) is 2.17. The molecule has 2 atom stereocenters. The van der Waals surface area contributed by atoms with Crippen LogP contribution < -0.4 is 10.6 Å². The molecule has 0 radical (unpaired) electrons. The van der Waals surface area contributed by atoms with Crippen LogP contribution in [0.15, 0.2) is 30.5 Å². The molecule has 2 saturated heterocycles. The lowest BCUT2D eigenvalue weighted by Crippen LogP contribution is -2.46. The number of rotatable bonds is 5. The number of pyridine rings is 1. The number of likely N-dealkylation sites (tertiary alicyclic amines) is 2. The summed E-state index contributed by atoms with van der Waals surface area (Å²) in [5.74, 6) is -0.142. The van der Waals surface area contributed by atoms with Gasteiger partial charge in [0.1, 0.15) is 11.4 Å². The fourth-order valence-corrected chi connectivity index (χ4v) is 7.12. The van der Waals surface area contributed by atoms with Crippen LogP contribution in [0.3, 0.4) is 0 Å².